The molecule has 85 heavy (non-hydrogen) atoms. The van der Waals surface area contributed by atoms with Crippen LogP contribution in [0.15, 0.2) is 72.9 Å². The highest BCUT2D eigenvalue weighted by Crippen LogP contribution is 2.33. The first-order valence-electron chi connectivity index (χ1n) is 32.7. The maximum atomic E-state index is 13.4. The van der Waals surface area contributed by atoms with Gasteiger partial charge in [-0.25, -0.2) is 0 Å². The van der Waals surface area contributed by atoms with Gasteiger partial charge < -0.3 is 89.9 Å². The van der Waals surface area contributed by atoms with E-state index >= 15 is 0 Å². The number of ether oxygens (including phenoxy) is 6. The number of hydrogen-bond acceptors (Lipinski definition) is 18. The molecule has 3 aliphatic rings. The molecule has 3 saturated heterocycles. The van der Waals surface area contributed by atoms with Crippen LogP contribution in [0.5, 0.6) is 0 Å². The van der Waals surface area contributed by atoms with E-state index < -0.39 is 124 Å². The summed E-state index contributed by atoms with van der Waals surface area (Å²) in [5.74, 6) is -0.302. The Morgan fingerprint density at radius 2 is 0.824 bits per heavy atom. The van der Waals surface area contributed by atoms with Crippen LogP contribution in [0.1, 0.15) is 206 Å². The van der Waals surface area contributed by atoms with E-state index in [2.05, 4.69) is 79.9 Å². The highest BCUT2D eigenvalue weighted by Gasteiger charge is 2.53. The number of unbranched alkanes of at least 4 members (excludes halogenated alkanes) is 22. The van der Waals surface area contributed by atoms with Crippen molar-refractivity contribution in [2.24, 2.45) is 0 Å². The Kier molecular flexibility index (Phi) is 43.3. The number of carbonyl (C=O) groups excluding carboxylic acids is 1. The van der Waals surface area contributed by atoms with Crippen LogP contribution in [0.4, 0.5) is 0 Å². The van der Waals surface area contributed by atoms with Gasteiger partial charge >= 0.3 is 0 Å². The van der Waals surface area contributed by atoms with Crippen molar-refractivity contribution in [1.29, 1.82) is 0 Å². The Bertz CT molecular complexity index is 1830. The minimum absolute atomic E-state index is 0.217. The number of aliphatic hydroxyl groups excluding tert-OH is 11. The molecule has 0 aromatic carbocycles. The quantitative estimate of drug-likeness (QED) is 0.0209. The number of rotatable bonds is 48. The molecule has 17 unspecified atom stereocenters. The minimum atomic E-state index is -1.99. The smallest absolute Gasteiger partial charge is 0.220 e. The molecule has 3 aliphatic heterocycles. The summed E-state index contributed by atoms with van der Waals surface area (Å²) in [5.41, 5.74) is 0. The van der Waals surface area contributed by atoms with Crippen LogP contribution in [0, 0.1) is 0 Å². The average Bonchev–Trinajstić information content (AvgIpc) is 3.10. The lowest BCUT2D eigenvalue weighted by molar-refractivity contribution is -0.379. The Morgan fingerprint density at radius 1 is 0.435 bits per heavy atom. The van der Waals surface area contributed by atoms with Crippen molar-refractivity contribution in [3.05, 3.63) is 72.9 Å². The zero-order valence-corrected chi connectivity index (χ0v) is 51.6. The number of amides is 1. The summed E-state index contributed by atoms with van der Waals surface area (Å²) < 4.78 is 34.3. The zero-order valence-electron chi connectivity index (χ0n) is 51.6. The Hall–Kier alpha value is -2.77. The third-order valence-corrected chi connectivity index (χ3v) is 16.0. The van der Waals surface area contributed by atoms with Gasteiger partial charge in [0.15, 0.2) is 18.9 Å². The molecule has 3 fully saturated rings. The summed E-state index contributed by atoms with van der Waals surface area (Å²) in [7, 11) is 0. The van der Waals surface area contributed by atoms with Gasteiger partial charge in [0.1, 0.15) is 73.2 Å². The van der Waals surface area contributed by atoms with Crippen LogP contribution in [0.2, 0.25) is 0 Å². The second-order valence-electron chi connectivity index (χ2n) is 23.2. The molecule has 0 aromatic rings. The van der Waals surface area contributed by atoms with Gasteiger partial charge in [-0.3, -0.25) is 4.79 Å². The predicted octanol–water partition coefficient (Wildman–Crippen LogP) is 7.38. The minimum Gasteiger partial charge on any atom is -0.394 e. The lowest BCUT2D eigenvalue weighted by Gasteiger charge is -2.48. The molecule has 0 saturated carbocycles. The number of allylic oxidation sites excluding steroid dienone is 11. The molecule has 19 heteroatoms. The SMILES string of the molecule is CC/C=C\C/C=C\C/C=C\CCCCCCCCCC(=O)NC(COC1OC(CO)C(OC2OC(CO)C(OC3OC(CO)C(O)C(O)C3O)C(O)C2O)C(O)C1O)C(O)/C=C/CC/C=C/CC/C=C/CCCCCCCCCCCCCCC. The Balaban J connectivity index is 1.49. The molecule has 17 atom stereocenters. The van der Waals surface area contributed by atoms with E-state index in [1.807, 2.05) is 6.08 Å². The molecule has 0 bridgehead atoms. The van der Waals surface area contributed by atoms with Gasteiger partial charge in [-0.05, 0) is 77.0 Å². The van der Waals surface area contributed by atoms with Crippen molar-refractivity contribution in [1.82, 2.24) is 5.32 Å². The van der Waals surface area contributed by atoms with Gasteiger partial charge in [-0.15, -0.1) is 0 Å². The third kappa shape index (κ3) is 31.0. The second kappa shape index (κ2) is 48.1. The predicted molar refractivity (Wildman–Crippen MR) is 328 cm³/mol. The molecule has 492 valence electrons. The van der Waals surface area contributed by atoms with Gasteiger partial charge in [-0.1, -0.05) is 196 Å². The molecule has 0 aliphatic carbocycles. The second-order valence-corrected chi connectivity index (χ2v) is 23.2. The first-order chi connectivity index (χ1) is 41.3. The summed E-state index contributed by atoms with van der Waals surface area (Å²) in [6.45, 7) is 1.58. The van der Waals surface area contributed by atoms with Crippen molar-refractivity contribution in [2.75, 3.05) is 26.4 Å². The van der Waals surface area contributed by atoms with Crippen molar-refractivity contribution in [3.63, 3.8) is 0 Å². The van der Waals surface area contributed by atoms with Crippen molar-refractivity contribution >= 4 is 5.91 Å². The monoisotopic (exact) mass is 1210 g/mol. The van der Waals surface area contributed by atoms with E-state index in [-0.39, 0.29) is 18.9 Å². The van der Waals surface area contributed by atoms with E-state index in [0.29, 0.717) is 12.8 Å². The normalized spacial score (nSPS) is 29.4. The van der Waals surface area contributed by atoms with Crippen molar-refractivity contribution < 1.29 is 89.4 Å². The van der Waals surface area contributed by atoms with Crippen LogP contribution < -0.4 is 5.32 Å². The maximum absolute atomic E-state index is 13.4. The molecule has 0 aromatic heterocycles. The van der Waals surface area contributed by atoms with E-state index in [0.717, 1.165) is 89.9 Å². The number of aliphatic hydroxyl groups is 11. The van der Waals surface area contributed by atoms with E-state index in [4.69, 9.17) is 28.4 Å². The molecular formula is C66H115NO18. The standard InChI is InChI=1S/C66H115NO18/c1-3-5-7-9-11-13-15-17-19-21-22-23-24-25-26-28-29-31-33-35-37-39-41-43-50(71)49(67-54(72)44-42-40-38-36-34-32-30-27-20-18-16-14-12-10-8-6-4-2)48-80-64-60(78)57(75)62(52(46-69)82-64)85-66-61(79)58(76)63(53(47-70)83-66)84-65-59(77)56(74)55(73)51(45-68)81-65/h6,8,12,14,18,20,26,28,33,35,41,43,49-53,55-66,68-71,73-79H,3-5,7,9-11,13,15-17,19,21-25,27,29-32,34,36-40,42,44-48H2,1-2H3,(H,67,72)/b8-6-,14-12-,20-18-,28-26+,35-33+,43-41+. The van der Waals surface area contributed by atoms with Crippen LogP contribution in [0.25, 0.3) is 0 Å². The molecule has 19 nitrogen and oxygen atoms in total. The van der Waals surface area contributed by atoms with Crippen molar-refractivity contribution in [3.8, 4) is 0 Å². The zero-order chi connectivity index (χ0) is 61.9. The van der Waals surface area contributed by atoms with Gasteiger partial charge in [-0.2, -0.15) is 0 Å². The molecule has 0 spiro atoms. The van der Waals surface area contributed by atoms with Gasteiger partial charge in [0.05, 0.1) is 38.6 Å². The van der Waals surface area contributed by atoms with Gasteiger partial charge in [0.25, 0.3) is 0 Å². The fourth-order valence-corrected chi connectivity index (χ4v) is 10.6. The van der Waals surface area contributed by atoms with E-state index in [1.54, 1.807) is 6.08 Å². The van der Waals surface area contributed by atoms with Crippen LogP contribution >= 0.6 is 0 Å². The highest BCUT2D eigenvalue weighted by molar-refractivity contribution is 5.76. The number of nitrogens with one attached hydrogen (secondary N) is 1. The molecule has 12 N–H and O–H groups in total. The number of hydrogen-bond donors (Lipinski definition) is 12. The molecule has 3 rings (SSSR count). The maximum Gasteiger partial charge on any atom is 0.220 e. The lowest BCUT2D eigenvalue weighted by Crippen LogP contribution is -2.66. The molecule has 1 amide bonds. The van der Waals surface area contributed by atoms with Crippen LogP contribution in [0.3, 0.4) is 0 Å². The summed E-state index contributed by atoms with van der Waals surface area (Å²) in [4.78, 5) is 13.4. The highest BCUT2D eigenvalue weighted by atomic mass is 16.8. The van der Waals surface area contributed by atoms with E-state index in [9.17, 15) is 61.0 Å². The summed E-state index contributed by atoms with van der Waals surface area (Å²) >= 11 is 0. The van der Waals surface area contributed by atoms with Crippen molar-refractivity contribution in [2.45, 2.75) is 311 Å². The average molecular weight is 1210 g/mol. The van der Waals surface area contributed by atoms with Gasteiger partial charge in [0, 0.05) is 6.42 Å². The largest absolute Gasteiger partial charge is 0.394 e. The Labute approximate surface area is 508 Å². The first-order valence-corrected chi connectivity index (χ1v) is 32.7. The molecular weight excluding hydrogens is 1090 g/mol. The summed E-state index contributed by atoms with van der Waals surface area (Å²) in [6, 6.07) is -1.01. The lowest BCUT2D eigenvalue weighted by atomic mass is 9.96. The summed E-state index contributed by atoms with van der Waals surface area (Å²) in [6.07, 6.45) is 31.7. The topological polar surface area (TPSA) is 307 Å². The fraction of sp³-hybridized carbons (Fsp3) is 0.803. The first kappa shape index (κ1) is 76.5. The van der Waals surface area contributed by atoms with E-state index in [1.165, 1.54) is 83.5 Å². The summed E-state index contributed by atoms with van der Waals surface area (Å²) in [5, 5.41) is 120. The third-order valence-electron chi connectivity index (χ3n) is 16.0. The molecule has 0 radical (unpaired) electrons. The fourth-order valence-electron chi connectivity index (χ4n) is 10.6. The number of carbonyl (C=O) groups is 1. The Morgan fingerprint density at radius 3 is 1.32 bits per heavy atom. The van der Waals surface area contributed by atoms with Gasteiger partial charge in [0.2, 0.25) is 5.91 Å². The van der Waals surface area contributed by atoms with Crippen LogP contribution in [-0.4, -0.2) is 193 Å². The molecule has 3 heterocycles. The van der Waals surface area contributed by atoms with Crippen LogP contribution in [-0.2, 0) is 33.2 Å².